The predicted octanol–water partition coefficient (Wildman–Crippen LogP) is 3.10. The van der Waals surface area contributed by atoms with Gasteiger partial charge in [-0.1, -0.05) is 12.1 Å². The summed E-state index contributed by atoms with van der Waals surface area (Å²) in [6, 6.07) is 7.90. The fraction of sp³-hybridized carbons (Fsp3) is 0.611. The van der Waals surface area contributed by atoms with Crippen molar-refractivity contribution < 1.29 is 13.2 Å². The van der Waals surface area contributed by atoms with Gasteiger partial charge in [0.15, 0.2) is 0 Å². The third-order valence-electron chi connectivity index (χ3n) is 4.73. The molecule has 2 saturated heterocycles. The smallest absolute Gasteiger partial charge is 0.254 e. The van der Waals surface area contributed by atoms with Crippen LogP contribution in [0.15, 0.2) is 24.3 Å². The Morgan fingerprint density at radius 2 is 1.85 bits per heavy atom. The van der Waals surface area contributed by atoms with Crippen LogP contribution in [0.5, 0.6) is 0 Å². The molecule has 1 aromatic carbocycles. The lowest BCUT2D eigenvalue weighted by molar-refractivity contribution is 0.0619. The Kier molecular flexibility index (Phi) is 6.93. The number of sulfonamides is 1. The van der Waals surface area contributed by atoms with Crippen LogP contribution >= 0.6 is 23.5 Å². The molecule has 1 N–H and O–H groups in total. The number of hydrogen-bond donors (Lipinski definition) is 1. The van der Waals surface area contributed by atoms with E-state index in [1.165, 1.54) is 23.5 Å². The van der Waals surface area contributed by atoms with Crippen molar-refractivity contribution in [2.75, 3.05) is 30.9 Å². The number of carbonyl (C=O) groups excluding carboxylic acids is 1. The molecule has 0 spiro atoms. The summed E-state index contributed by atoms with van der Waals surface area (Å²) in [6.45, 7) is 0.975. The Bertz CT molecular complexity index is 716. The van der Waals surface area contributed by atoms with E-state index in [0.29, 0.717) is 16.7 Å². The minimum Gasteiger partial charge on any atom is -0.334 e. The first-order valence-corrected chi connectivity index (χ1v) is 13.0. The average molecular weight is 415 g/mol. The van der Waals surface area contributed by atoms with Gasteiger partial charge in [-0.3, -0.25) is 4.79 Å². The molecule has 1 unspecified atom stereocenters. The second-order valence-electron chi connectivity index (χ2n) is 6.82. The zero-order valence-electron chi connectivity index (χ0n) is 15.0. The fourth-order valence-corrected chi connectivity index (χ4v) is 6.75. The van der Waals surface area contributed by atoms with E-state index < -0.39 is 10.0 Å². The average Bonchev–Trinajstić information content (AvgIpc) is 2.66. The molecule has 1 aromatic rings. The molecule has 144 valence electrons. The Hall–Kier alpha value is -0.700. The maximum absolute atomic E-state index is 13.0. The summed E-state index contributed by atoms with van der Waals surface area (Å²) < 4.78 is 25.8. The Balaban J connectivity index is 1.67. The second kappa shape index (κ2) is 8.99. The number of likely N-dealkylation sites (tertiary alicyclic amines) is 1. The van der Waals surface area contributed by atoms with Gasteiger partial charge < -0.3 is 4.90 Å². The zero-order valence-corrected chi connectivity index (χ0v) is 17.5. The molecule has 2 aliphatic rings. The lowest BCUT2D eigenvalue weighted by Gasteiger charge is -2.36. The summed E-state index contributed by atoms with van der Waals surface area (Å²) in [5.74, 6) is 2.39. The van der Waals surface area contributed by atoms with E-state index in [9.17, 15) is 13.2 Å². The third kappa shape index (κ3) is 5.41. The van der Waals surface area contributed by atoms with Gasteiger partial charge in [-0.05, 0) is 54.9 Å². The van der Waals surface area contributed by atoms with Crippen molar-refractivity contribution >= 4 is 39.5 Å². The largest absolute Gasteiger partial charge is 0.334 e. The number of piperidine rings is 1. The molecule has 0 aromatic heterocycles. The van der Waals surface area contributed by atoms with Gasteiger partial charge in [0.2, 0.25) is 10.0 Å². The lowest BCUT2D eigenvalue weighted by Crippen LogP contribution is -2.49. The highest BCUT2D eigenvalue weighted by molar-refractivity contribution is 8.16. The molecule has 26 heavy (non-hydrogen) atoms. The highest BCUT2D eigenvalue weighted by Crippen LogP contribution is 2.43. The zero-order chi connectivity index (χ0) is 18.6. The molecule has 2 aliphatic heterocycles. The van der Waals surface area contributed by atoms with Crippen molar-refractivity contribution in [2.45, 2.75) is 36.3 Å². The summed E-state index contributed by atoms with van der Waals surface area (Å²) in [4.78, 5) is 14.8. The topological polar surface area (TPSA) is 66.5 Å². The van der Waals surface area contributed by atoms with Crippen LogP contribution in [0, 0.1) is 0 Å². The van der Waals surface area contributed by atoms with Crippen molar-refractivity contribution in [1.29, 1.82) is 0 Å². The SMILES string of the molecule is CS(=O)(=O)NCC1CCCCN1C(=O)c1ccc(C2SCCCS2)cc1. The van der Waals surface area contributed by atoms with Crippen molar-refractivity contribution in [2.24, 2.45) is 0 Å². The molecule has 0 radical (unpaired) electrons. The van der Waals surface area contributed by atoms with E-state index in [1.54, 1.807) is 0 Å². The normalized spacial score (nSPS) is 22.3. The predicted molar refractivity (Wildman–Crippen MR) is 110 cm³/mol. The number of thioether (sulfide) groups is 2. The van der Waals surface area contributed by atoms with Crippen molar-refractivity contribution in [1.82, 2.24) is 9.62 Å². The number of hydrogen-bond acceptors (Lipinski definition) is 5. The van der Waals surface area contributed by atoms with Gasteiger partial charge in [-0.2, -0.15) is 0 Å². The van der Waals surface area contributed by atoms with Gasteiger partial charge in [0.05, 0.1) is 10.8 Å². The molecule has 1 amide bonds. The number of nitrogens with zero attached hydrogens (tertiary/aromatic N) is 1. The van der Waals surface area contributed by atoms with Gasteiger partial charge in [-0.15, -0.1) is 23.5 Å². The Morgan fingerprint density at radius 3 is 2.50 bits per heavy atom. The molecule has 3 rings (SSSR count). The summed E-state index contributed by atoms with van der Waals surface area (Å²) >= 11 is 3.94. The Morgan fingerprint density at radius 1 is 1.15 bits per heavy atom. The molecule has 0 saturated carbocycles. The third-order valence-corrected chi connectivity index (χ3v) is 8.43. The number of nitrogens with one attached hydrogen (secondary N) is 1. The monoisotopic (exact) mass is 414 g/mol. The summed E-state index contributed by atoms with van der Waals surface area (Å²) in [5.41, 5.74) is 1.95. The standard InChI is InChI=1S/C18H26N2O3S3/c1-26(22,23)19-13-16-5-2-3-10-20(16)17(21)14-6-8-15(9-7-14)18-24-11-4-12-25-18/h6-9,16,18-19H,2-5,10-13H2,1H3. The second-order valence-corrected chi connectivity index (χ2v) is 11.4. The minimum absolute atomic E-state index is 0.000464. The van der Waals surface area contributed by atoms with E-state index >= 15 is 0 Å². The summed E-state index contributed by atoms with van der Waals surface area (Å²) in [5, 5.41) is 0. The maximum atomic E-state index is 13.0. The molecule has 1 atom stereocenters. The van der Waals surface area contributed by atoms with Crippen molar-refractivity contribution in [3.05, 3.63) is 35.4 Å². The summed E-state index contributed by atoms with van der Waals surface area (Å²) in [6.07, 6.45) is 5.24. The first-order valence-electron chi connectivity index (χ1n) is 9.03. The van der Waals surface area contributed by atoms with Crippen molar-refractivity contribution in [3.8, 4) is 0 Å². The van der Waals surface area contributed by atoms with Gasteiger partial charge in [-0.25, -0.2) is 13.1 Å². The number of amides is 1. The van der Waals surface area contributed by atoms with E-state index in [0.717, 1.165) is 25.5 Å². The van der Waals surface area contributed by atoms with Crippen LogP contribution in [0.25, 0.3) is 0 Å². The highest BCUT2D eigenvalue weighted by atomic mass is 32.2. The van der Waals surface area contributed by atoms with Crippen LogP contribution in [0.4, 0.5) is 0 Å². The fourth-order valence-electron chi connectivity index (χ4n) is 3.36. The number of carbonyl (C=O) groups is 1. The Labute approximate surface area is 164 Å². The van der Waals surface area contributed by atoms with E-state index in [4.69, 9.17) is 0 Å². The van der Waals surface area contributed by atoms with E-state index in [2.05, 4.69) is 16.9 Å². The van der Waals surface area contributed by atoms with Crippen LogP contribution in [-0.4, -0.2) is 56.1 Å². The first-order chi connectivity index (χ1) is 12.4. The van der Waals surface area contributed by atoms with Crippen molar-refractivity contribution in [3.63, 3.8) is 0 Å². The quantitative estimate of drug-likeness (QED) is 0.802. The van der Waals surface area contributed by atoms with Crippen LogP contribution in [-0.2, 0) is 10.0 Å². The summed E-state index contributed by atoms with van der Waals surface area (Å²) in [7, 11) is -3.25. The molecule has 2 fully saturated rings. The molecular weight excluding hydrogens is 388 g/mol. The van der Waals surface area contributed by atoms with Crippen LogP contribution in [0.1, 0.15) is 46.2 Å². The van der Waals surface area contributed by atoms with Gasteiger partial charge in [0.25, 0.3) is 5.91 Å². The van der Waals surface area contributed by atoms with Crippen LogP contribution < -0.4 is 4.72 Å². The number of benzene rings is 1. The van der Waals surface area contributed by atoms with Crippen LogP contribution in [0.3, 0.4) is 0 Å². The maximum Gasteiger partial charge on any atom is 0.254 e. The molecule has 2 heterocycles. The van der Waals surface area contributed by atoms with Crippen LogP contribution in [0.2, 0.25) is 0 Å². The molecular formula is C18H26N2O3S3. The lowest BCUT2D eigenvalue weighted by atomic mass is 10.0. The minimum atomic E-state index is -3.25. The van der Waals surface area contributed by atoms with Gasteiger partial charge in [0.1, 0.15) is 0 Å². The highest BCUT2D eigenvalue weighted by Gasteiger charge is 2.28. The van der Waals surface area contributed by atoms with E-state index in [-0.39, 0.29) is 18.5 Å². The van der Waals surface area contributed by atoms with Gasteiger partial charge in [0, 0.05) is 24.7 Å². The molecule has 0 bridgehead atoms. The van der Waals surface area contributed by atoms with E-state index in [1.807, 2.05) is 40.6 Å². The molecule has 0 aliphatic carbocycles. The number of rotatable bonds is 5. The van der Waals surface area contributed by atoms with Gasteiger partial charge >= 0.3 is 0 Å². The first kappa shape index (κ1) is 20.0. The molecule has 5 nitrogen and oxygen atoms in total. The molecule has 8 heteroatoms.